The van der Waals surface area contributed by atoms with E-state index in [1.165, 1.54) is 0 Å². The van der Waals surface area contributed by atoms with Crippen LogP contribution in [-0.2, 0) is 6.61 Å². The lowest BCUT2D eigenvalue weighted by Crippen LogP contribution is -2.49. The molecule has 0 spiro atoms. The van der Waals surface area contributed by atoms with Crippen molar-refractivity contribution in [3.63, 3.8) is 0 Å². The Bertz CT molecular complexity index is 1440. The number of nitriles is 1. The molecule has 0 saturated carbocycles. The van der Waals surface area contributed by atoms with Crippen LogP contribution in [0.4, 0.5) is 5.88 Å². The fourth-order valence-electron chi connectivity index (χ4n) is 4.25. The maximum absolute atomic E-state index is 13.0. The number of benzene rings is 2. The number of amides is 1. The normalized spacial score (nSPS) is 13.3. The number of hydrogen-bond donors (Lipinski definition) is 0. The third-order valence-electron chi connectivity index (χ3n) is 6.24. The van der Waals surface area contributed by atoms with Crippen molar-refractivity contribution in [2.24, 2.45) is 0 Å². The van der Waals surface area contributed by atoms with E-state index in [-0.39, 0.29) is 24.1 Å². The Hall–Kier alpha value is -4.71. The Morgan fingerprint density at radius 1 is 1.00 bits per heavy atom. The predicted molar refractivity (Wildman–Crippen MR) is 136 cm³/mol. The average molecular weight is 499 g/mol. The third kappa shape index (κ3) is 5.00. The van der Waals surface area contributed by atoms with E-state index in [0.29, 0.717) is 54.9 Å². The van der Waals surface area contributed by atoms with Crippen molar-refractivity contribution in [3.05, 3.63) is 83.2 Å². The molecule has 0 N–H and O–H groups in total. The van der Waals surface area contributed by atoms with Gasteiger partial charge in [0.1, 0.15) is 29.9 Å². The number of methoxy groups -OCH3 is 1. The molecule has 1 saturated heterocycles. The van der Waals surface area contributed by atoms with E-state index in [4.69, 9.17) is 18.3 Å². The fourth-order valence-corrected chi connectivity index (χ4v) is 4.25. The zero-order valence-corrected chi connectivity index (χ0v) is 20.6. The first-order valence-corrected chi connectivity index (χ1v) is 11.9. The molecule has 1 aliphatic heterocycles. The van der Waals surface area contributed by atoms with E-state index < -0.39 is 0 Å². The number of nitrogens with zero attached hydrogens (tertiary/aromatic N) is 4. The second-order valence-corrected chi connectivity index (χ2v) is 8.58. The molecule has 0 aliphatic carbocycles. The first-order chi connectivity index (χ1) is 18.1. The highest BCUT2D eigenvalue weighted by molar-refractivity contribution is 5.97. The molecule has 9 heteroatoms. The molecule has 2 aromatic heterocycles. The van der Waals surface area contributed by atoms with Crippen LogP contribution >= 0.6 is 0 Å². The summed E-state index contributed by atoms with van der Waals surface area (Å²) in [4.78, 5) is 21.1. The van der Waals surface area contributed by atoms with Gasteiger partial charge in [0, 0.05) is 26.2 Å². The first kappa shape index (κ1) is 24.0. The number of oxazole rings is 1. The Morgan fingerprint density at radius 2 is 1.73 bits per heavy atom. The van der Waals surface area contributed by atoms with Crippen molar-refractivity contribution < 1.29 is 23.1 Å². The lowest BCUT2D eigenvalue weighted by molar-refractivity contribution is 0.0742. The summed E-state index contributed by atoms with van der Waals surface area (Å²) in [6.07, 6.45) is 0. The van der Waals surface area contributed by atoms with Gasteiger partial charge in [0.2, 0.25) is 11.6 Å². The van der Waals surface area contributed by atoms with E-state index in [1.807, 2.05) is 48.2 Å². The summed E-state index contributed by atoms with van der Waals surface area (Å²) in [5, 5.41) is 9.67. The van der Waals surface area contributed by atoms with Crippen molar-refractivity contribution in [2.45, 2.75) is 13.5 Å². The number of para-hydroxylation sites is 2. The van der Waals surface area contributed by atoms with Gasteiger partial charge in [0.15, 0.2) is 5.76 Å². The molecular formula is C28H26N4O5. The number of piperazine rings is 1. The molecule has 5 rings (SSSR count). The molecule has 4 aromatic rings. The molecule has 2 aromatic carbocycles. The van der Waals surface area contributed by atoms with Crippen LogP contribution in [0.25, 0.3) is 11.7 Å². The minimum atomic E-state index is -0.0908. The summed E-state index contributed by atoms with van der Waals surface area (Å²) in [6, 6.07) is 20.6. The van der Waals surface area contributed by atoms with Gasteiger partial charge in [0.05, 0.1) is 12.7 Å². The standard InChI is InChI=1S/C28H26N4O5/c1-19-7-3-5-9-23(19)35-18-20-11-12-25(36-20)26-30-22(17-29)28(37-26)32-15-13-31(14-16-32)27(33)21-8-4-6-10-24(21)34-2/h3-12H,13-16,18H2,1-2H3. The lowest BCUT2D eigenvalue weighted by Gasteiger charge is -2.34. The number of furan rings is 1. The first-order valence-electron chi connectivity index (χ1n) is 11.9. The van der Waals surface area contributed by atoms with Crippen molar-refractivity contribution in [2.75, 3.05) is 38.2 Å². The molecule has 0 atom stereocenters. The number of hydrogen-bond acceptors (Lipinski definition) is 8. The minimum Gasteiger partial charge on any atom is -0.496 e. The lowest BCUT2D eigenvalue weighted by atomic mass is 10.1. The van der Waals surface area contributed by atoms with E-state index in [9.17, 15) is 10.1 Å². The van der Waals surface area contributed by atoms with Crippen LogP contribution in [-0.4, -0.2) is 49.1 Å². The minimum absolute atomic E-state index is 0.0908. The van der Waals surface area contributed by atoms with Gasteiger partial charge in [0.25, 0.3) is 11.8 Å². The highest BCUT2D eigenvalue weighted by Crippen LogP contribution is 2.31. The monoisotopic (exact) mass is 498 g/mol. The van der Waals surface area contributed by atoms with E-state index in [0.717, 1.165) is 11.3 Å². The van der Waals surface area contributed by atoms with Gasteiger partial charge in [-0.25, -0.2) is 0 Å². The van der Waals surface area contributed by atoms with Crippen LogP contribution in [0, 0.1) is 18.3 Å². The number of aryl methyl sites for hydroxylation is 1. The van der Waals surface area contributed by atoms with E-state index in [1.54, 1.807) is 36.3 Å². The van der Waals surface area contributed by atoms with Gasteiger partial charge >= 0.3 is 0 Å². The average Bonchev–Trinajstić information content (AvgIpc) is 3.59. The quantitative estimate of drug-likeness (QED) is 0.362. The van der Waals surface area contributed by atoms with Crippen LogP contribution in [0.1, 0.15) is 27.4 Å². The Kier molecular flexibility index (Phi) is 6.81. The summed E-state index contributed by atoms with van der Waals surface area (Å²) >= 11 is 0. The molecule has 1 fully saturated rings. The zero-order valence-electron chi connectivity index (χ0n) is 20.6. The second-order valence-electron chi connectivity index (χ2n) is 8.58. The van der Waals surface area contributed by atoms with Gasteiger partial charge in [-0.1, -0.05) is 30.3 Å². The van der Waals surface area contributed by atoms with Gasteiger partial charge in [-0.05, 0) is 42.8 Å². The molecule has 3 heterocycles. The Labute approximate surface area is 214 Å². The number of carbonyl (C=O) groups excluding carboxylic acids is 1. The molecule has 1 aliphatic rings. The zero-order chi connectivity index (χ0) is 25.8. The van der Waals surface area contributed by atoms with Gasteiger partial charge in [-0.15, -0.1) is 0 Å². The van der Waals surface area contributed by atoms with Crippen molar-refractivity contribution in [1.82, 2.24) is 9.88 Å². The summed E-state index contributed by atoms with van der Waals surface area (Å²) in [7, 11) is 1.55. The van der Waals surface area contributed by atoms with Crippen LogP contribution in [0.5, 0.6) is 11.5 Å². The summed E-state index contributed by atoms with van der Waals surface area (Å²) < 4.78 is 23.0. The summed E-state index contributed by atoms with van der Waals surface area (Å²) in [5.41, 5.74) is 1.74. The van der Waals surface area contributed by atoms with Crippen LogP contribution in [0.2, 0.25) is 0 Å². The molecule has 0 radical (unpaired) electrons. The number of ether oxygens (including phenoxy) is 2. The number of anilines is 1. The van der Waals surface area contributed by atoms with Gasteiger partial charge in [-0.2, -0.15) is 10.2 Å². The number of aromatic nitrogens is 1. The molecule has 9 nitrogen and oxygen atoms in total. The van der Waals surface area contributed by atoms with Crippen LogP contribution < -0.4 is 14.4 Å². The molecule has 37 heavy (non-hydrogen) atoms. The smallest absolute Gasteiger partial charge is 0.266 e. The summed E-state index contributed by atoms with van der Waals surface area (Å²) in [5.74, 6) is 2.86. The topological polar surface area (TPSA) is 105 Å². The van der Waals surface area contributed by atoms with Crippen LogP contribution in [0.3, 0.4) is 0 Å². The largest absolute Gasteiger partial charge is 0.496 e. The van der Waals surface area contributed by atoms with Crippen molar-refractivity contribution in [1.29, 1.82) is 5.26 Å². The summed E-state index contributed by atoms with van der Waals surface area (Å²) in [6.45, 7) is 4.17. The third-order valence-corrected chi connectivity index (χ3v) is 6.24. The molecule has 1 amide bonds. The van der Waals surface area contributed by atoms with E-state index in [2.05, 4.69) is 11.1 Å². The number of carbonyl (C=O) groups is 1. The van der Waals surface area contributed by atoms with E-state index >= 15 is 0 Å². The maximum atomic E-state index is 13.0. The Morgan fingerprint density at radius 3 is 2.46 bits per heavy atom. The molecule has 188 valence electrons. The maximum Gasteiger partial charge on any atom is 0.266 e. The number of rotatable bonds is 7. The predicted octanol–water partition coefficient (Wildman–Crippen LogP) is 4.66. The van der Waals surface area contributed by atoms with Crippen LogP contribution in [0.15, 0.2) is 69.5 Å². The van der Waals surface area contributed by atoms with Gasteiger partial charge < -0.3 is 28.1 Å². The van der Waals surface area contributed by atoms with Crippen molar-refractivity contribution in [3.8, 4) is 29.2 Å². The Balaban J connectivity index is 1.25. The SMILES string of the molecule is COc1ccccc1C(=O)N1CCN(c2oc(-c3ccc(COc4ccccc4C)o3)nc2C#N)CC1. The molecule has 0 unspecified atom stereocenters. The second kappa shape index (κ2) is 10.5. The highest BCUT2D eigenvalue weighted by Gasteiger charge is 2.28. The highest BCUT2D eigenvalue weighted by atomic mass is 16.5. The van der Waals surface area contributed by atoms with Crippen molar-refractivity contribution >= 4 is 11.8 Å². The van der Waals surface area contributed by atoms with Gasteiger partial charge in [-0.3, -0.25) is 4.79 Å². The fraction of sp³-hybridized carbons (Fsp3) is 0.250. The molecule has 0 bridgehead atoms. The molecular weight excluding hydrogens is 472 g/mol.